The van der Waals surface area contributed by atoms with Gasteiger partial charge >= 0.3 is 6.03 Å². The standard InChI is InChI=1S/C19H16FN5OS/c1-3-12-7-13(4-5-15(12)20)22-19(26)25-8-14-16(6-11(25)2)23-24-18(14)17-9-27-10-21-17/h1,4-5,7,9-11H,6,8H2,2H3,(H,22,26)(H,23,24). The molecule has 1 unspecified atom stereocenters. The number of terminal acetylenes is 1. The third-order valence-corrected chi connectivity index (χ3v) is 5.21. The molecule has 0 radical (unpaired) electrons. The van der Waals surface area contributed by atoms with Crippen LogP contribution in [-0.2, 0) is 13.0 Å². The number of rotatable bonds is 2. The lowest BCUT2D eigenvalue weighted by Crippen LogP contribution is -2.44. The van der Waals surface area contributed by atoms with E-state index in [1.165, 1.54) is 29.5 Å². The van der Waals surface area contributed by atoms with Gasteiger partial charge in [-0.2, -0.15) is 5.10 Å². The Balaban J connectivity index is 1.57. The molecular weight excluding hydrogens is 365 g/mol. The summed E-state index contributed by atoms with van der Waals surface area (Å²) >= 11 is 1.50. The highest BCUT2D eigenvalue weighted by atomic mass is 32.1. The maximum Gasteiger partial charge on any atom is 0.322 e. The normalized spacial score (nSPS) is 15.9. The van der Waals surface area contributed by atoms with Gasteiger partial charge in [0.1, 0.15) is 17.2 Å². The van der Waals surface area contributed by atoms with Gasteiger partial charge in [0.2, 0.25) is 0 Å². The number of urea groups is 1. The van der Waals surface area contributed by atoms with E-state index in [9.17, 15) is 9.18 Å². The number of carbonyl (C=O) groups excluding carboxylic acids is 1. The number of H-pyrrole nitrogens is 1. The smallest absolute Gasteiger partial charge is 0.317 e. The van der Waals surface area contributed by atoms with Crippen molar-refractivity contribution in [3.8, 4) is 23.7 Å². The summed E-state index contributed by atoms with van der Waals surface area (Å²) in [6.45, 7) is 2.39. The van der Waals surface area contributed by atoms with Crippen LogP contribution >= 0.6 is 11.3 Å². The highest BCUT2D eigenvalue weighted by Gasteiger charge is 2.31. The second-order valence-electron chi connectivity index (χ2n) is 6.35. The Morgan fingerprint density at radius 2 is 2.37 bits per heavy atom. The first kappa shape index (κ1) is 17.2. The molecule has 1 atom stereocenters. The van der Waals surface area contributed by atoms with Crippen molar-refractivity contribution in [2.24, 2.45) is 0 Å². The molecule has 0 fully saturated rings. The lowest BCUT2D eigenvalue weighted by molar-refractivity contribution is 0.182. The number of aromatic amines is 1. The number of carbonyl (C=O) groups is 1. The largest absolute Gasteiger partial charge is 0.322 e. The van der Waals surface area contributed by atoms with Gasteiger partial charge in [-0.25, -0.2) is 14.2 Å². The number of aromatic nitrogens is 3. The van der Waals surface area contributed by atoms with Crippen molar-refractivity contribution in [2.75, 3.05) is 5.32 Å². The van der Waals surface area contributed by atoms with Crippen molar-refractivity contribution < 1.29 is 9.18 Å². The molecule has 1 aliphatic heterocycles. The fourth-order valence-corrected chi connectivity index (χ4v) is 3.73. The zero-order chi connectivity index (χ0) is 19.0. The highest BCUT2D eigenvalue weighted by molar-refractivity contribution is 7.07. The second kappa shape index (κ2) is 6.85. The average molecular weight is 381 g/mol. The van der Waals surface area contributed by atoms with E-state index in [1.54, 1.807) is 10.4 Å². The molecule has 1 aromatic carbocycles. The van der Waals surface area contributed by atoms with E-state index >= 15 is 0 Å². The molecule has 8 heteroatoms. The molecule has 0 bridgehead atoms. The predicted molar refractivity (Wildman–Crippen MR) is 102 cm³/mol. The van der Waals surface area contributed by atoms with E-state index in [0.717, 1.165) is 22.6 Å². The van der Waals surface area contributed by atoms with Gasteiger partial charge in [-0.3, -0.25) is 5.10 Å². The number of nitrogens with zero attached hydrogens (tertiary/aromatic N) is 3. The summed E-state index contributed by atoms with van der Waals surface area (Å²) < 4.78 is 13.6. The zero-order valence-corrected chi connectivity index (χ0v) is 15.3. The molecular formula is C19H16FN5OS. The number of nitrogens with one attached hydrogen (secondary N) is 2. The van der Waals surface area contributed by atoms with Crippen molar-refractivity contribution in [1.29, 1.82) is 0 Å². The third kappa shape index (κ3) is 3.17. The Bertz CT molecular complexity index is 1040. The number of amides is 2. The molecule has 0 aliphatic carbocycles. The molecule has 3 aromatic rings. The number of benzene rings is 1. The molecule has 136 valence electrons. The van der Waals surface area contributed by atoms with Crippen LogP contribution in [0.5, 0.6) is 0 Å². The minimum atomic E-state index is -0.488. The molecule has 27 heavy (non-hydrogen) atoms. The van der Waals surface area contributed by atoms with Crippen LogP contribution in [-0.4, -0.2) is 32.2 Å². The summed E-state index contributed by atoms with van der Waals surface area (Å²) in [5, 5.41) is 12.2. The van der Waals surface area contributed by atoms with Crippen molar-refractivity contribution in [3.05, 3.63) is 51.7 Å². The molecule has 0 spiro atoms. The van der Waals surface area contributed by atoms with Crippen LogP contribution in [0.25, 0.3) is 11.4 Å². The van der Waals surface area contributed by atoms with Gasteiger partial charge in [-0.05, 0) is 25.1 Å². The average Bonchev–Trinajstić information content (AvgIpc) is 3.31. The maximum absolute atomic E-state index is 13.6. The number of fused-ring (bicyclic) bond motifs is 1. The fourth-order valence-electron chi connectivity index (χ4n) is 3.19. The lowest BCUT2D eigenvalue weighted by atomic mass is 9.99. The molecule has 6 nitrogen and oxygen atoms in total. The van der Waals surface area contributed by atoms with Gasteiger partial charge < -0.3 is 10.2 Å². The summed E-state index contributed by atoms with van der Waals surface area (Å²) in [6, 6.07) is 3.90. The minimum Gasteiger partial charge on any atom is -0.317 e. The third-order valence-electron chi connectivity index (χ3n) is 4.62. The molecule has 3 heterocycles. The van der Waals surface area contributed by atoms with Crippen molar-refractivity contribution >= 4 is 23.1 Å². The Kier molecular flexibility index (Phi) is 4.38. The van der Waals surface area contributed by atoms with Crippen LogP contribution in [0.3, 0.4) is 0 Å². The van der Waals surface area contributed by atoms with Gasteiger partial charge in [-0.15, -0.1) is 17.8 Å². The minimum absolute atomic E-state index is 0.0196. The van der Waals surface area contributed by atoms with Crippen molar-refractivity contribution in [3.63, 3.8) is 0 Å². The summed E-state index contributed by atoms with van der Waals surface area (Å²) in [7, 11) is 0. The molecule has 2 N–H and O–H groups in total. The number of anilines is 1. The Hall–Kier alpha value is -3.18. The SMILES string of the molecule is C#Cc1cc(NC(=O)N2Cc3c(-c4cscn4)n[nH]c3CC2C)ccc1F. The zero-order valence-electron chi connectivity index (χ0n) is 14.5. The van der Waals surface area contributed by atoms with Crippen LogP contribution in [0, 0.1) is 18.2 Å². The van der Waals surface area contributed by atoms with E-state index in [-0.39, 0.29) is 17.6 Å². The maximum atomic E-state index is 13.6. The fraction of sp³-hybridized carbons (Fsp3) is 0.211. The van der Waals surface area contributed by atoms with E-state index in [2.05, 4.69) is 26.4 Å². The quantitative estimate of drug-likeness (QED) is 0.666. The predicted octanol–water partition coefficient (Wildman–Crippen LogP) is 3.63. The molecule has 1 aliphatic rings. The van der Waals surface area contributed by atoms with Gasteiger partial charge in [0, 0.05) is 34.8 Å². The summed E-state index contributed by atoms with van der Waals surface area (Å²) in [5.41, 5.74) is 5.88. The van der Waals surface area contributed by atoms with E-state index in [1.807, 2.05) is 12.3 Å². The number of hydrogen-bond acceptors (Lipinski definition) is 4. The number of halogens is 1. The Morgan fingerprint density at radius 3 is 3.11 bits per heavy atom. The van der Waals surface area contributed by atoms with Gasteiger partial charge in [0.25, 0.3) is 0 Å². The van der Waals surface area contributed by atoms with Gasteiger partial charge in [-0.1, -0.05) is 5.92 Å². The first-order chi connectivity index (χ1) is 13.1. The van der Waals surface area contributed by atoms with Crippen LogP contribution < -0.4 is 5.32 Å². The van der Waals surface area contributed by atoms with Gasteiger partial charge in [0.15, 0.2) is 0 Å². The Labute approximate surface area is 159 Å². The van der Waals surface area contributed by atoms with E-state index in [4.69, 9.17) is 6.42 Å². The summed E-state index contributed by atoms with van der Waals surface area (Å²) in [6.07, 6.45) is 5.96. The van der Waals surface area contributed by atoms with Crippen molar-refractivity contribution in [2.45, 2.75) is 25.9 Å². The summed E-state index contributed by atoms with van der Waals surface area (Å²) in [5.74, 6) is 1.78. The van der Waals surface area contributed by atoms with E-state index < -0.39 is 5.82 Å². The number of hydrogen-bond donors (Lipinski definition) is 2. The van der Waals surface area contributed by atoms with Crippen LogP contribution in [0.1, 0.15) is 23.7 Å². The molecule has 0 saturated heterocycles. The molecule has 2 aromatic heterocycles. The monoisotopic (exact) mass is 381 g/mol. The first-order valence-electron chi connectivity index (χ1n) is 8.35. The van der Waals surface area contributed by atoms with Crippen LogP contribution in [0.15, 0.2) is 29.1 Å². The van der Waals surface area contributed by atoms with Crippen LogP contribution in [0.2, 0.25) is 0 Å². The number of thiazole rings is 1. The highest BCUT2D eigenvalue weighted by Crippen LogP contribution is 2.30. The molecule has 0 saturated carbocycles. The van der Waals surface area contributed by atoms with Crippen LogP contribution in [0.4, 0.5) is 14.9 Å². The van der Waals surface area contributed by atoms with E-state index in [0.29, 0.717) is 18.7 Å². The first-order valence-corrected chi connectivity index (χ1v) is 9.29. The van der Waals surface area contributed by atoms with Crippen molar-refractivity contribution in [1.82, 2.24) is 20.1 Å². The molecule has 4 rings (SSSR count). The molecule has 2 amide bonds. The second-order valence-corrected chi connectivity index (χ2v) is 7.07. The topological polar surface area (TPSA) is 73.9 Å². The summed E-state index contributed by atoms with van der Waals surface area (Å²) in [4.78, 5) is 18.9. The van der Waals surface area contributed by atoms with Gasteiger partial charge in [0.05, 0.1) is 17.6 Å². The lowest BCUT2D eigenvalue weighted by Gasteiger charge is -2.33. The Morgan fingerprint density at radius 1 is 1.52 bits per heavy atom.